The Kier molecular flexibility index (Phi) is 7.74. The van der Waals surface area contributed by atoms with Gasteiger partial charge in [0.15, 0.2) is 0 Å². The maximum Gasteiger partial charge on any atom is 0.146 e. The summed E-state index contributed by atoms with van der Waals surface area (Å²) in [6.07, 6.45) is 4.55. The molecule has 0 radical (unpaired) electrons. The molecule has 0 spiro atoms. The van der Waals surface area contributed by atoms with Gasteiger partial charge in [-0.05, 0) is 56.8 Å². The number of halogens is 1. The van der Waals surface area contributed by atoms with E-state index < -0.39 is 5.60 Å². The van der Waals surface area contributed by atoms with Gasteiger partial charge < -0.3 is 19.9 Å². The molecule has 1 saturated heterocycles. The Morgan fingerprint density at radius 2 is 1.86 bits per heavy atom. The largest absolute Gasteiger partial charge is 0.455 e. The molecule has 0 amide bonds. The molecule has 1 aliphatic heterocycles. The lowest BCUT2D eigenvalue weighted by molar-refractivity contribution is -0.0446. The van der Waals surface area contributed by atoms with Crippen molar-refractivity contribution in [2.24, 2.45) is 5.92 Å². The smallest absolute Gasteiger partial charge is 0.146 e. The molecule has 1 unspecified atom stereocenters. The van der Waals surface area contributed by atoms with Gasteiger partial charge >= 0.3 is 0 Å². The highest BCUT2D eigenvalue weighted by molar-refractivity contribution is 6.32. The summed E-state index contributed by atoms with van der Waals surface area (Å²) in [5, 5.41) is 15.9. The molecule has 2 atom stereocenters. The Morgan fingerprint density at radius 1 is 1.11 bits per heavy atom. The molecular formula is C23H30ClNO3. The number of piperidine rings is 1. The average molecular weight is 404 g/mol. The summed E-state index contributed by atoms with van der Waals surface area (Å²) in [5.74, 6) is 1.40. The summed E-state index contributed by atoms with van der Waals surface area (Å²) in [7, 11) is 1.71. The monoisotopic (exact) mass is 403 g/mol. The molecule has 3 rings (SSSR count). The Hall–Kier alpha value is -1.59. The second-order valence-electron chi connectivity index (χ2n) is 7.45. The number of rotatable bonds is 9. The van der Waals surface area contributed by atoms with Crippen LogP contribution in [0.15, 0.2) is 48.5 Å². The molecule has 0 aromatic heterocycles. The first-order valence-corrected chi connectivity index (χ1v) is 10.5. The van der Waals surface area contributed by atoms with Gasteiger partial charge in [0.2, 0.25) is 0 Å². The van der Waals surface area contributed by atoms with Crippen LogP contribution in [0.5, 0.6) is 11.5 Å². The minimum absolute atomic E-state index is 0.139. The number of unbranched alkanes of at least 4 members (excludes halogenated alkanes) is 1. The van der Waals surface area contributed by atoms with Gasteiger partial charge in [-0.1, -0.05) is 41.9 Å². The molecule has 152 valence electrons. The van der Waals surface area contributed by atoms with Gasteiger partial charge in [0.05, 0.1) is 10.6 Å². The number of aliphatic hydroxyl groups is 1. The van der Waals surface area contributed by atoms with E-state index in [0.29, 0.717) is 29.5 Å². The Bertz CT molecular complexity index is 748. The van der Waals surface area contributed by atoms with Gasteiger partial charge in [-0.2, -0.15) is 0 Å². The predicted molar refractivity (Wildman–Crippen MR) is 113 cm³/mol. The number of nitrogens with one attached hydrogen (secondary N) is 1. The number of hydrogen-bond donors (Lipinski definition) is 2. The van der Waals surface area contributed by atoms with E-state index in [1.807, 2.05) is 48.5 Å². The lowest BCUT2D eigenvalue weighted by Crippen LogP contribution is -2.44. The molecule has 0 saturated carbocycles. The van der Waals surface area contributed by atoms with Crippen molar-refractivity contribution in [2.75, 3.05) is 26.8 Å². The summed E-state index contributed by atoms with van der Waals surface area (Å²) >= 11 is 6.30. The topological polar surface area (TPSA) is 50.7 Å². The first kappa shape index (κ1) is 21.1. The van der Waals surface area contributed by atoms with Gasteiger partial charge in [-0.25, -0.2) is 0 Å². The van der Waals surface area contributed by atoms with Crippen LogP contribution in [0, 0.1) is 5.92 Å². The quantitative estimate of drug-likeness (QED) is 0.569. The van der Waals surface area contributed by atoms with E-state index in [1.54, 1.807) is 7.11 Å². The highest BCUT2D eigenvalue weighted by Crippen LogP contribution is 2.44. The summed E-state index contributed by atoms with van der Waals surface area (Å²) in [4.78, 5) is 0. The van der Waals surface area contributed by atoms with Crippen molar-refractivity contribution in [1.29, 1.82) is 0 Å². The van der Waals surface area contributed by atoms with Gasteiger partial charge in [-0.3, -0.25) is 0 Å². The molecule has 28 heavy (non-hydrogen) atoms. The van der Waals surface area contributed by atoms with E-state index in [-0.39, 0.29) is 5.92 Å². The van der Waals surface area contributed by atoms with Gasteiger partial charge in [0, 0.05) is 31.7 Å². The third kappa shape index (κ3) is 5.06. The van der Waals surface area contributed by atoms with Gasteiger partial charge in [0.25, 0.3) is 0 Å². The molecule has 5 heteroatoms. The Labute approximate surface area is 172 Å². The predicted octanol–water partition coefficient (Wildman–Crippen LogP) is 5.14. The van der Waals surface area contributed by atoms with Crippen molar-refractivity contribution < 1.29 is 14.6 Å². The lowest BCUT2D eigenvalue weighted by Gasteiger charge is -2.40. The summed E-state index contributed by atoms with van der Waals surface area (Å²) in [5.41, 5.74) is -0.125. The molecule has 2 aromatic carbocycles. The molecule has 4 nitrogen and oxygen atoms in total. The normalized spacial score (nSPS) is 19.2. The summed E-state index contributed by atoms with van der Waals surface area (Å²) < 4.78 is 11.4. The SMILES string of the molecule is COCCCC[C@@](O)(c1ccccc1Oc1ccccc1Cl)C1CCCNC1. The fourth-order valence-electron chi connectivity index (χ4n) is 4.02. The van der Waals surface area contributed by atoms with Crippen LogP contribution in [0.2, 0.25) is 5.02 Å². The number of ether oxygens (including phenoxy) is 2. The minimum Gasteiger partial charge on any atom is -0.455 e. The molecule has 1 aliphatic rings. The molecule has 1 heterocycles. The standard InChI is InChI=1S/C23H30ClNO3/c1-27-16-7-6-14-23(26,18-9-8-15-25-17-18)19-10-2-4-12-21(19)28-22-13-5-3-11-20(22)24/h2-5,10-13,18,25-26H,6-9,14-17H2,1H3/t18?,23-/m0/s1. The van der Waals surface area contributed by atoms with Crippen LogP contribution < -0.4 is 10.1 Å². The highest BCUT2D eigenvalue weighted by atomic mass is 35.5. The number of hydrogen-bond acceptors (Lipinski definition) is 4. The van der Waals surface area contributed by atoms with Crippen LogP contribution in [-0.4, -0.2) is 31.9 Å². The fourth-order valence-corrected chi connectivity index (χ4v) is 4.19. The molecule has 2 aromatic rings. The number of benzene rings is 2. The van der Waals surface area contributed by atoms with Crippen LogP contribution >= 0.6 is 11.6 Å². The molecule has 2 N–H and O–H groups in total. The first-order chi connectivity index (χ1) is 13.6. The zero-order valence-electron chi connectivity index (χ0n) is 16.5. The van der Waals surface area contributed by atoms with E-state index in [2.05, 4.69) is 5.32 Å². The molecule has 1 fully saturated rings. The zero-order chi connectivity index (χ0) is 19.8. The van der Waals surface area contributed by atoms with E-state index in [9.17, 15) is 5.11 Å². The van der Waals surface area contributed by atoms with Crippen molar-refractivity contribution in [2.45, 2.75) is 37.7 Å². The van der Waals surface area contributed by atoms with Crippen molar-refractivity contribution in [3.63, 3.8) is 0 Å². The van der Waals surface area contributed by atoms with Crippen molar-refractivity contribution in [3.05, 3.63) is 59.1 Å². The van der Waals surface area contributed by atoms with Gasteiger partial charge in [-0.15, -0.1) is 0 Å². The van der Waals surface area contributed by atoms with E-state index in [4.69, 9.17) is 21.1 Å². The molecular weight excluding hydrogens is 374 g/mol. The second-order valence-corrected chi connectivity index (χ2v) is 7.85. The highest BCUT2D eigenvalue weighted by Gasteiger charge is 2.40. The summed E-state index contributed by atoms with van der Waals surface area (Å²) in [6, 6.07) is 15.2. The van der Waals surface area contributed by atoms with Crippen LogP contribution in [0.4, 0.5) is 0 Å². The van der Waals surface area contributed by atoms with Crippen LogP contribution in [0.25, 0.3) is 0 Å². The van der Waals surface area contributed by atoms with E-state index >= 15 is 0 Å². The average Bonchev–Trinajstić information content (AvgIpc) is 2.74. The van der Waals surface area contributed by atoms with Crippen molar-refractivity contribution >= 4 is 11.6 Å². The third-order valence-corrected chi connectivity index (χ3v) is 5.85. The van der Waals surface area contributed by atoms with Crippen LogP contribution in [-0.2, 0) is 10.3 Å². The molecule has 0 aliphatic carbocycles. The lowest BCUT2D eigenvalue weighted by atomic mass is 9.74. The van der Waals surface area contributed by atoms with E-state index in [1.165, 1.54) is 0 Å². The Morgan fingerprint density at radius 3 is 2.57 bits per heavy atom. The first-order valence-electron chi connectivity index (χ1n) is 10.1. The zero-order valence-corrected chi connectivity index (χ0v) is 17.3. The Balaban J connectivity index is 1.91. The number of para-hydroxylation sites is 2. The summed E-state index contributed by atoms with van der Waals surface area (Å²) in [6.45, 7) is 2.52. The van der Waals surface area contributed by atoms with E-state index in [0.717, 1.165) is 44.3 Å². The maximum absolute atomic E-state index is 11.9. The van der Waals surface area contributed by atoms with Crippen LogP contribution in [0.3, 0.4) is 0 Å². The third-order valence-electron chi connectivity index (χ3n) is 5.54. The molecule has 0 bridgehead atoms. The van der Waals surface area contributed by atoms with Gasteiger partial charge in [0.1, 0.15) is 11.5 Å². The van der Waals surface area contributed by atoms with Crippen molar-refractivity contribution in [1.82, 2.24) is 5.32 Å². The number of methoxy groups -OCH3 is 1. The fraction of sp³-hybridized carbons (Fsp3) is 0.478. The van der Waals surface area contributed by atoms with Crippen LogP contribution in [0.1, 0.15) is 37.7 Å². The maximum atomic E-state index is 11.9. The van der Waals surface area contributed by atoms with Crippen molar-refractivity contribution in [3.8, 4) is 11.5 Å². The minimum atomic E-state index is -0.959. The second kappa shape index (κ2) is 10.3.